The fourth-order valence-corrected chi connectivity index (χ4v) is 5.18. The maximum Gasteiger partial charge on any atom is 0.287 e. The number of Topliss-reactive ketones (excluding diaryl/α,β-unsaturated/α-hetero) is 2. The van der Waals surface area contributed by atoms with Gasteiger partial charge >= 0.3 is 0 Å². The molecule has 2 heterocycles. The van der Waals surface area contributed by atoms with Crippen LogP contribution in [0.25, 0.3) is 5.70 Å². The minimum absolute atomic E-state index is 0.0167. The average molecular weight is 426 g/mol. The Kier molecular flexibility index (Phi) is 4.68. The predicted molar refractivity (Wildman–Crippen MR) is 109 cm³/mol. The molecule has 1 N–H and O–H groups in total. The lowest BCUT2D eigenvalue weighted by Gasteiger charge is -2.18. The molecule has 3 aromatic rings. The number of nitrogens with zero attached hydrogens (tertiary/aromatic N) is 1. The minimum Gasteiger partial charge on any atom is -0.287 e. The van der Waals surface area contributed by atoms with Gasteiger partial charge in [-0.25, -0.2) is 8.42 Å². The molecule has 6 nitrogen and oxygen atoms in total. The van der Waals surface area contributed by atoms with Crippen molar-refractivity contribution >= 4 is 38.6 Å². The molecule has 0 unspecified atom stereocenters. The van der Waals surface area contributed by atoms with Crippen LogP contribution < -0.4 is 9.29 Å². The van der Waals surface area contributed by atoms with Crippen LogP contribution in [-0.4, -0.2) is 20.0 Å². The van der Waals surface area contributed by atoms with Gasteiger partial charge in [-0.05, 0) is 30.9 Å². The lowest BCUT2D eigenvalue weighted by molar-refractivity contribution is -0.577. The normalized spacial score (nSPS) is 14.1. The fraction of sp³-hybridized carbons (Fsp3) is 0.0952. The molecule has 0 saturated heterocycles. The maximum atomic E-state index is 13.3. The number of carbonyl (C=O) groups is 2. The zero-order valence-corrected chi connectivity index (χ0v) is 17.3. The number of benzene rings is 1. The van der Waals surface area contributed by atoms with Crippen LogP contribution in [0.5, 0.6) is 0 Å². The molecule has 0 atom stereocenters. The molecule has 1 aromatic carbocycles. The number of allylic oxidation sites excluding steroid dienone is 2. The smallest absolute Gasteiger partial charge is 0.287 e. The van der Waals surface area contributed by atoms with Crippen molar-refractivity contribution in [2.24, 2.45) is 0 Å². The van der Waals surface area contributed by atoms with Crippen LogP contribution in [0.2, 0.25) is 0 Å². The SMILES string of the molecule is Cc1cc[n+](C2=C(NS(=O)(=O)c3cccs3)C(=O)c3ccccc3C2=O)cc1C. The number of sulfonamides is 1. The Bertz CT molecular complexity index is 1290. The highest BCUT2D eigenvalue weighted by molar-refractivity contribution is 7.91. The van der Waals surface area contributed by atoms with Gasteiger partial charge < -0.3 is 0 Å². The summed E-state index contributed by atoms with van der Waals surface area (Å²) in [6.45, 7) is 3.81. The summed E-state index contributed by atoms with van der Waals surface area (Å²) in [5.41, 5.74) is 2.07. The molecule has 0 radical (unpaired) electrons. The number of aromatic nitrogens is 1. The van der Waals surface area contributed by atoms with Crippen molar-refractivity contribution in [3.63, 3.8) is 0 Å². The number of ketones is 2. The van der Waals surface area contributed by atoms with E-state index in [4.69, 9.17) is 0 Å². The molecule has 0 bridgehead atoms. The molecule has 8 heteroatoms. The van der Waals surface area contributed by atoms with Gasteiger partial charge in [0.2, 0.25) is 5.78 Å². The standard InChI is InChI=1S/C21H16N2O4S2/c1-13-9-10-23(12-14(13)2)19-18(22-29(26,27)17-8-5-11-28-17)20(24)15-6-3-4-7-16(15)21(19)25/h3-12H,1-2H3/p+1. The second-order valence-electron chi connectivity index (χ2n) is 6.68. The Morgan fingerprint density at radius 3 is 2.21 bits per heavy atom. The van der Waals surface area contributed by atoms with Crippen molar-refractivity contribution in [1.82, 2.24) is 4.72 Å². The first-order valence-electron chi connectivity index (χ1n) is 8.77. The van der Waals surface area contributed by atoms with E-state index in [1.807, 2.05) is 19.9 Å². The summed E-state index contributed by atoms with van der Waals surface area (Å²) in [4.78, 5) is 26.5. The van der Waals surface area contributed by atoms with Crippen LogP contribution in [0, 0.1) is 13.8 Å². The van der Waals surface area contributed by atoms with Crippen molar-refractivity contribution in [3.8, 4) is 0 Å². The number of hydrogen-bond acceptors (Lipinski definition) is 5. The van der Waals surface area contributed by atoms with Gasteiger partial charge in [-0.1, -0.05) is 30.3 Å². The van der Waals surface area contributed by atoms with E-state index in [9.17, 15) is 18.0 Å². The topological polar surface area (TPSA) is 84.2 Å². The van der Waals surface area contributed by atoms with Crippen LogP contribution in [0.3, 0.4) is 0 Å². The number of nitrogens with one attached hydrogen (secondary N) is 1. The van der Waals surface area contributed by atoms with Gasteiger partial charge in [-0.2, -0.15) is 4.57 Å². The Morgan fingerprint density at radius 1 is 0.897 bits per heavy atom. The van der Waals surface area contributed by atoms with Crippen LogP contribution in [0.1, 0.15) is 31.8 Å². The highest BCUT2D eigenvalue weighted by atomic mass is 32.2. The Hall–Kier alpha value is -3.10. The van der Waals surface area contributed by atoms with Crippen molar-refractivity contribution in [2.75, 3.05) is 0 Å². The zero-order valence-electron chi connectivity index (χ0n) is 15.7. The van der Waals surface area contributed by atoms with Gasteiger partial charge in [0.05, 0.1) is 0 Å². The molecule has 0 amide bonds. The summed E-state index contributed by atoms with van der Waals surface area (Å²) in [6.07, 6.45) is 3.36. The van der Waals surface area contributed by atoms with E-state index < -0.39 is 21.6 Å². The van der Waals surface area contributed by atoms with E-state index >= 15 is 0 Å². The molecular formula is C21H17N2O4S2+. The molecule has 2 aromatic heterocycles. The summed E-state index contributed by atoms with van der Waals surface area (Å²) in [6, 6.07) is 11.3. The maximum absolute atomic E-state index is 13.3. The highest BCUT2D eigenvalue weighted by Gasteiger charge is 2.40. The molecule has 29 heavy (non-hydrogen) atoms. The first kappa shape index (κ1) is 19.2. The zero-order chi connectivity index (χ0) is 20.8. The van der Waals surface area contributed by atoms with E-state index in [0.717, 1.165) is 22.5 Å². The quantitative estimate of drug-likeness (QED) is 0.652. The number of thiophene rings is 1. The number of carbonyl (C=O) groups excluding carboxylic acids is 2. The van der Waals surface area contributed by atoms with Crippen LogP contribution >= 0.6 is 11.3 Å². The second kappa shape index (κ2) is 7.06. The third-order valence-corrected chi connectivity index (χ3v) is 7.54. The second-order valence-corrected chi connectivity index (χ2v) is 9.54. The van der Waals surface area contributed by atoms with Crippen molar-refractivity contribution in [2.45, 2.75) is 18.1 Å². The molecule has 1 aliphatic rings. The summed E-state index contributed by atoms with van der Waals surface area (Å²) >= 11 is 1.03. The number of aryl methyl sites for hydroxylation is 2. The largest absolute Gasteiger partial charge is 0.287 e. The molecule has 0 aliphatic heterocycles. The fourth-order valence-electron chi connectivity index (χ4n) is 3.12. The van der Waals surface area contributed by atoms with E-state index in [0.29, 0.717) is 0 Å². The summed E-state index contributed by atoms with van der Waals surface area (Å²) < 4.78 is 29.6. The first-order valence-corrected chi connectivity index (χ1v) is 11.1. The molecule has 0 spiro atoms. The first-order chi connectivity index (χ1) is 13.8. The molecule has 146 valence electrons. The van der Waals surface area contributed by atoms with Crippen molar-refractivity contribution in [3.05, 3.63) is 88.2 Å². The predicted octanol–water partition coefficient (Wildman–Crippen LogP) is 2.88. The molecule has 1 aliphatic carbocycles. The number of fused-ring (bicyclic) bond motifs is 1. The average Bonchev–Trinajstić information content (AvgIpc) is 3.24. The summed E-state index contributed by atoms with van der Waals surface area (Å²) in [5, 5.41) is 1.63. The van der Waals surface area contributed by atoms with Crippen molar-refractivity contribution in [1.29, 1.82) is 0 Å². The van der Waals surface area contributed by atoms with Crippen molar-refractivity contribution < 1.29 is 22.6 Å². The van der Waals surface area contributed by atoms with E-state index in [1.54, 1.807) is 42.0 Å². The van der Waals surface area contributed by atoms with Gasteiger partial charge in [0.1, 0.15) is 4.21 Å². The van der Waals surface area contributed by atoms with Crippen LogP contribution in [-0.2, 0) is 10.0 Å². The monoisotopic (exact) mass is 425 g/mol. The molecule has 4 rings (SSSR count). The number of rotatable bonds is 4. The number of pyridine rings is 1. The third kappa shape index (κ3) is 3.30. The van der Waals surface area contributed by atoms with Crippen LogP contribution in [0.15, 0.2) is 70.1 Å². The lowest BCUT2D eigenvalue weighted by Crippen LogP contribution is -2.44. The Labute approximate surface area is 172 Å². The molecule has 0 saturated carbocycles. The molecule has 0 fully saturated rings. The van der Waals surface area contributed by atoms with Gasteiger partial charge in [0, 0.05) is 22.8 Å². The summed E-state index contributed by atoms with van der Waals surface area (Å²) in [5.74, 6) is -0.960. The third-order valence-electron chi connectivity index (χ3n) is 4.79. The van der Waals surface area contributed by atoms with Gasteiger partial charge in [-0.15, -0.1) is 11.3 Å². The lowest BCUT2D eigenvalue weighted by atomic mass is 9.90. The summed E-state index contributed by atoms with van der Waals surface area (Å²) in [7, 11) is -4.01. The Balaban J connectivity index is 1.95. The van der Waals surface area contributed by atoms with Gasteiger partial charge in [0.15, 0.2) is 18.1 Å². The van der Waals surface area contributed by atoms with Gasteiger partial charge in [0.25, 0.3) is 21.5 Å². The van der Waals surface area contributed by atoms with E-state index in [-0.39, 0.29) is 26.7 Å². The number of hydrogen-bond donors (Lipinski definition) is 1. The van der Waals surface area contributed by atoms with E-state index in [1.165, 1.54) is 16.7 Å². The minimum atomic E-state index is -4.01. The highest BCUT2D eigenvalue weighted by Crippen LogP contribution is 2.27. The van der Waals surface area contributed by atoms with Gasteiger partial charge in [-0.3, -0.25) is 14.3 Å². The molecular weight excluding hydrogens is 408 g/mol. The van der Waals surface area contributed by atoms with Crippen LogP contribution in [0.4, 0.5) is 0 Å². The van der Waals surface area contributed by atoms with E-state index in [2.05, 4.69) is 4.72 Å². The Morgan fingerprint density at radius 2 is 1.59 bits per heavy atom.